The molecule has 1 unspecified atom stereocenters. The Morgan fingerprint density at radius 2 is 2.31 bits per heavy atom. The SMILES string of the molecule is [N-]=[N+]=NC(CO)c1ccc(O)c([N+](=O)[O-])c1. The minimum atomic E-state index is -0.899. The molecule has 0 aliphatic rings. The fourth-order valence-electron chi connectivity index (χ4n) is 1.16. The summed E-state index contributed by atoms with van der Waals surface area (Å²) in [7, 11) is 0. The molecule has 0 saturated heterocycles. The van der Waals surface area contributed by atoms with Crippen LogP contribution in [-0.2, 0) is 0 Å². The van der Waals surface area contributed by atoms with Gasteiger partial charge in [0.2, 0.25) is 0 Å². The van der Waals surface area contributed by atoms with Crippen LogP contribution in [0, 0.1) is 10.1 Å². The van der Waals surface area contributed by atoms with Gasteiger partial charge in [-0.1, -0.05) is 11.2 Å². The lowest BCUT2D eigenvalue weighted by Gasteiger charge is -2.07. The Bertz CT molecular complexity index is 455. The zero-order valence-electron chi connectivity index (χ0n) is 8.02. The van der Waals surface area contributed by atoms with E-state index in [-0.39, 0.29) is 5.56 Å². The van der Waals surface area contributed by atoms with Crippen LogP contribution >= 0.6 is 0 Å². The van der Waals surface area contributed by atoms with E-state index in [0.717, 1.165) is 12.1 Å². The van der Waals surface area contributed by atoms with Crippen LogP contribution in [0.4, 0.5) is 5.69 Å². The summed E-state index contributed by atoms with van der Waals surface area (Å²) >= 11 is 0. The molecule has 0 saturated carbocycles. The van der Waals surface area contributed by atoms with Crippen molar-refractivity contribution in [3.8, 4) is 5.75 Å². The summed E-state index contributed by atoms with van der Waals surface area (Å²) in [6.07, 6.45) is 0. The van der Waals surface area contributed by atoms with Crippen molar-refractivity contribution in [2.24, 2.45) is 5.11 Å². The maximum atomic E-state index is 10.5. The summed E-state index contributed by atoms with van der Waals surface area (Å²) < 4.78 is 0. The summed E-state index contributed by atoms with van der Waals surface area (Å²) in [6, 6.07) is 2.62. The lowest BCUT2D eigenvalue weighted by molar-refractivity contribution is -0.385. The van der Waals surface area contributed by atoms with E-state index < -0.39 is 29.0 Å². The number of phenols is 1. The van der Waals surface area contributed by atoms with Crippen molar-refractivity contribution in [3.63, 3.8) is 0 Å². The third-order valence-electron chi connectivity index (χ3n) is 1.94. The fraction of sp³-hybridized carbons (Fsp3) is 0.250. The molecule has 0 radical (unpaired) electrons. The van der Waals surface area contributed by atoms with Crippen LogP contribution in [0.5, 0.6) is 5.75 Å². The van der Waals surface area contributed by atoms with Gasteiger partial charge in [0, 0.05) is 11.0 Å². The summed E-state index contributed by atoms with van der Waals surface area (Å²) in [5.41, 5.74) is 8.00. The van der Waals surface area contributed by atoms with E-state index in [1.165, 1.54) is 6.07 Å². The predicted molar refractivity (Wildman–Crippen MR) is 53.7 cm³/mol. The first-order chi connectivity index (χ1) is 7.60. The van der Waals surface area contributed by atoms with Gasteiger partial charge < -0.3 is 10.2 Å². The molecule has 0 aliphatic carbocycles. The van der Waals surface area contributed by atoms with Crippen molar-refractivity contribution >= 4 is 5.69 Å². The van der Waals surface area contributed by atoms with Gasteiger partial charge >= 0.3 is 5.69 Å². The first-order valence-corrected chi connectivity index (χ1v) is 4.22. The second kappa shape index (κ2) is 4.96. The number of aliphatic hydroxyl groups excluding tert-OH is 1. The molecule has 0 aromatic heterocycles. The standard InChI is InChI=1S/C8H8N4O4/c9-11-10-6(4-13)5-1-2-8(14)7(3-5)12(15)16/h1-3,6,13-14H,4H2. The molecule has 0 aliphatic heterocycles. The highest BCUT2D eigenvalue weighted by molar-refractivity contribution is 5.48. The van der Waals surface area contributed by atoms with Crippen molar-refractivity contribution in [2.75, 3.05) is 6.61 Å². The van der Waals surface area contributed by atoms with Crippen molar-refractivity contribution in [3.05, 3.63) is 44.3 Å². The zero-order valence-corrected chi connectivity index (χ0v) is 8.02. The normalized spacial score (nSPS) is 11.6. The molecule has 0 fully saturated rings. The smallest absolute Gasteiger partial charge is 0.310 e. The van der Waals surface area contributed by atoms with E-state index in [1.807, 2.05) is 0 Å². The van der Waals surface area contributed by atoms with Gasteiger partial charge in [0.15, 0.2) is 5.75 Å². The number of rotatable bonds is 4. The largest absolute Gasteiger partial charge is 0.502 e. The van der Waals surface area contributed by atoms with Crippen LogP contribution in [0.3, 0.4) is 0 Å². The van der Waals surface area contributed by atoms with Crippen LogP contribution in [-0.4, -0.2) is 21.7 Å². The maximum absolute atomic E-state index is 10.5. The number of nitro benzene ring substituents is 1. The summed E-state index contributed by atoms with van der Waals surface area (Å²) in [5, 5.41) is 31.9. The van der Waals surface area contributed by atoms with E-state index >= 15 is 0 Å². The van der Waals surface area contributed by atoms with Crippen molar-refractivity contribution in [2.45, 2.75) is 6.04 Å². The highest BCUT2D eigenvalue weighted by atomic mass is 16.6. The second-order valence-electron chi connectivity index (χ2n) is 2.91. The van der Waals surface area contributed by atoms with Gasteiger partial charge in [-0.2, -0.15) is 0 Å². The number of nitrogens with zero attached hydrogens (tertiary/aromatic N) is 4. The third-order valence-corrected chi connectivity index (χ3v) is 1.94. The summed E-state index contributed by atoms with van der Waals surface area (Å²) in [6.45, 7) is -0.466. The number of aromatic hydroxyl groups is 1. The van der Waals surface area contributed by atoms with E-state index in [0.29, 0.717) is 0 Å². The molecule has 16 heavy (non-hydrogen) atoms. The molecular formula is C8H8N4O4. The Labute approximate surface area is 89.5 Å². The molecular weight excluding hydrogens is 216 g/mol. The van der Waals surface area contributed by atoms with E-state index in [9.17, 15) is 15.2 Å². The second-order valence-corrected chi connectivity index (χ2v) is 2.91. The van der Waals surface area contributed by atoms with Gasteiger partial charge in [-0.25, -0.2) is 0 Å². The highest BCUT2D eigenvalue weighted by Gasteiger charge is 2.17. The predicted octanol–water partition coefficient (Wildman–Crippen LogP) is 1.64. The molecule has 1 atom stereocenters. The molecule has 1 aromatic rings. The maximum Gasteiger partial charge on any atom is 0.310 e. The van der Waals surface area contributed by atoms with Gasteiger partial charge in [-0.3, -0.25) is 10.1 Å². The Balaban J connectivity index is 3.20. The van der Waals surface area contributed by atoms with Gasteiger partial charge in [0.25, 0.3) is 0 Å². The number of hydrogen-bond acceptors (Lipinski definition) is 5. The minimum absolute atomic E-state index is 0.268. The number of nitro groups is 1. The molecule has 0 spiro atoms. The first kappa shape index (κ1) is 11.8. The average Bonchev–Trinajstić information content (AvgIpc) is 2.26. The summed E-state index contributed by atoms with van der Waals surface area (Å²) in [4.78, 5) is 12.3. The average molecular weight is 224 g/mol. The number of benzene rings is 1. The third kappa shape index (κ3) is 2.38. The molecule has 84 valence electrons. The number of azide groups is 1. The first-order valence-electron chi connectivity index (χ1n) is 4.22. The van der Waals surface area contributed by atoms with E-state index in [1.54, 1.807) is 0 Å². The zero-order chi connectivity index (χ0) is 12.1. The fourth-order valence-corrected chi connectivity index (χ4v) is 1.16. The summed E-state index contributed by atoms with van der Waals surface area (Å²) in [5.74, 6) is -0.480. The molecule has 1 aromatic carbocycles. The quantitative estimate of drug-likeness (QED) is 0.264. The molecule has 1 rings (SSSR count). The van der Waals surface area contributed by atoms with Crippen LogP contribution < -0.4 is 0 Å². The van der Waals surface area contributed by atoms with Crippen LogP contribution in [0.15, 0.2) is 23.3 Å². The van der Waals surface area contributed by atoms with E-state index in [2.05, 4.69) is 10.0 Å². The topological polar surface area (TPSA) is 132 Å². The Morgan fingerprint density at radius 1 is 1.62 bits per heavy atom. The van der Waals surface area contributed by atoms with E-state index in [4.69, 9.17) is 10.6 Å². The van der Waals surface area contributed by atoms with Crippen LogP contribution in [0.2, 0.25) is 0 Å². The molecule has 2 N–H and O–H groups in total. The van der Waals surface area contributed by atoms with Crippen molar-refractivity contribution < 1.29 is 15.1 Å². The monoisotopic (exact) mass is 224 g/mol. The van der Waals surface area contributed by atoms with Gasteiger partial charge in [-0.15, -0.1) is 0 Å². The number of hydrogen-bond donors (Lipinski definition) is 2. The van der Waals surface area contributed by atoms with Crippen molar-refractivity contribution in [1.82, 2.24) is 0 Å². The Hall–Kier alpha value is -2.31. The molecule has 0 amide bonds. The molecule has 8 heteroatoms. The minimum Gasteiger partial charge on any atom is -0.502 e. The molecule has 8 nitrogen and oxygen atoms in total. The van der Waals surface area contributed by atoms with Crippen LogP contribution in [0.25, 0.3) is 10.4 Å². The Kier molecular flexibility index (Phi) is 3.65. The molecule has 0 heterocycles. The molecule has 0 bridgehead atoms. The van der Waals surface area contributed by atoms with Crippen molar-refractivity contribution in [1.29, 1.82) is 0 Å². The Morgan fingerprint density at radius 3 is 2.81 bits per heavy atom. The lowest BCUT2D eigenvalue weighted by atomic mass is 10.1. The van der Waals surface area contributed by atoms with Gasteiger partial charge in [0.05, 0.1) is 17.6 Å². The van der Waals surface area contributed by atoms with Gasteiger partial charge in [0.1, 0.15) is 0 Å². The number of phenolic OH excluding ortho intramolecular Hbond substituents is 1. The van der Waals surface area contributed by atoms with Gasteiger partial charge in [-0.05, 0) is 17.2 Å². The lowest BCUT2D eigenvalue weighted by Crippen LogP contribution is -2.01. The van der Waals surface area contributed by atoms with Crippen LogP contribution in [0.1, 0.15) is 11.6 Å². The highest BCUT2D eigenvalue weighted by Crippen LogP contribution is 2.29. The number of aliphatic hydroxyl groups is 1.